The highest BCUT2D eigenvalue weighted by molar-refractivity contribution is 5.13. The Morgan fingerprint density at radius 1 is 1.12 bits per heavy atom. The van der Waals surface area contributed by atoms with Crippen LogP contribution in [0.1, 0.15) is 31.2 Å². The molecule has 1 aliphatic carbocycles. The van der Waals surface area contributed by atoms with Gasteiger partial charge in [-0.2, -0.15) is 0 Å². The standard InChI is InChI=1S/C15H20O/c1-2-13-8-10-15(11-9-13)16-12-14-6-4-3-5-7-14/h2-7,13,15H,1,8-12H2. The highest BCUT2D eigenvalue weighted by Crippen LogP contribution is 2.27. The molecule has 86 valence electrons. The fraction of sp³-hybridized carbons (Fsp3) is 0.467. The van der Waals surface area contributed by atoms with Crippen LogP contribution in [0.2, 0.25) is 0 Å². The molecule has 0 unspecified atom stereocenters. The molecule has 2 rings (SSSR count). The molecule has 0 amide bonds. The van der Waals surface area contributed by atoms with Crippen molar-refractivity contribution in [2.45, 2.75) is 38.4 Å². The zero-order valence-electron chi connectivity index (χ0n) is 9.77. The Bertz CT molecular complexity index is 309. The summed E-state index contributed by atoms with van der Waals surface area (Å²) in [4.78, 5) is 0. The molecule has 1 fully saturated rings. The minimum absolute atomic E-state index is 0.455. The first-order valence-corrected chi connectivity index (χ1v) is 6.16. The fourth-order valence-corrected chi connectivity index (χ4v) is 2.28. The van der Waals surface area contributed by atoms with E-state index in [9.17, 15) is 0 Å². The molecule has 0 heterocycles. The predicted molar refractivity (Wildman–Crippen MR) is 67.2 cm³/mol. The van der Waals surface area contributed by atoms with E-state index in [1.807, 2.05) is 6.07 Å². The maximum Gasteiger partial charge on any atom is 0.0720 e. The Balaban J connectivity index is 1.73. The van der Waals surface area contributed by atoms with E-state index in [1.54, 1.807) is 0 Å². The summed E-state index contributed by atoms with van der Waals surface area (Å²) in [5, 5.41) is 0. The van der Waals surface area contributed by atoms with Crippen LogP contribution in [0.4, 0.5) is 0 Å². The van der Waals surface area contributed by atoms with Crippen molar-refractivity contribution in [1.29, 1.82) is 0 Å². The van der Waals surface area contributed by atoms with Crippen LogP contribution < -0.4 is 0 Å². The minimum atomic E-state index is 0.455. The number of hydrogen-bond acceptors (Lipinski definition) is 1. The van der Waals surface area contributed by atoms with Gasteiger partial charge in [0.15, 0.2) is 0 Å². The summed E-state index contributed by atoms with van der Waals surface area (Å²) in [6, 6.07) is 10.4. The zero-order chi connectivity index (χ0) is 11.2. The van der Waals surface area contributed by atoms with Crippen molar-refractivity contribution in [1.82, 2.24) is 0 Å². The average Bonchev–Trinajstić information content (AvgIpc) is 2.38. The Kier molecular flexibility index (Phi) is 4.17. The molecule has 0 bridgehead atoms. The van der Waals surface area contributed by atoms with Crippen LogP contribution in [-0.2, 0) is 11.3 Å². The molecule has 1 aromatic rings. The van der Waals surface area contributed by atoms with E-state index < -0.39 is 0 Å². The Morgan fingerprint density at radius 3 is 2.44 bits per heavy atom. The number of hydrogen-bond donors (Lipinski definition) is 0. The van der Waals surface area contributed by atoms with Gasteiger partial charge in [0, 0.05) is 0 Å². The molecule has 0 N–H and O–H groups in total. The summed E-state index contributed by atoms with van der Waals surface area (Å²) < 4.78 is 5.93. The van der Waals surface area contributed by atoms with Crippen molar-refractivity contribution >= 4 is 0 Å². The largest absolute Gasteiger partial charge is 0.374 e. The average molecular weight is 216 g/mol. The lowest BCUT2D eigenvalue weighted by Gasteiger charge is -2.26. The molecule has 1 aliphatic rings. The fourth-order valence-electron chi connectivity index (χ4n) is 2.28. The molecule has 0 aliphatic heterocycles. The van der Waals surface area contributed by atoms with E-state index in [-0.39, 0.29) is 0 Å². The third-order valence-corrected chi connectivity index (χ3v) is 3.38. The molecule has 0 atom stereocenters. The van der Waals surface area contributed by atoms with Crippen molar-refractivity contribution < 1.29 is 4.74 Å². The van der Waals surface area contributed by atoms with E-state index >= 15 is 0 Å². The van der Waals surface area contributed by atoms with Gasteiger partial charge < -0.3 is 4.74 Å². The number of allylic oxidation sites excluding steroid dienone is 1. The molecule has 0 saturated heterocycles. The smallest absolute Gasteiger partial charge is 0.0720 e. The molecule has 1 nitrogen and oxygen atoms in total. The first-order valence-electron chi connectivity index (χ1n) is 6.16. The summed E-state index contributed by atoms with van der Waals surface area (Å²) in [6.07, 6.45) is 7.39. The predicted octanol–water partition coefficient (Wildman–Crippen LogP) is 3.95. The summed E-state index contributed by atoms with van der Waals surface area (Å²) in [7, 11) is 0. The van der Waals surface area contributed by atoms with Crippen LogP contribution in [0.3, 0.4) is 0 Å². The van der Waals surface area contributed by atoms with E-state index in [0.717, 1.165) is 12.5 Å². The Hall–Kier alpha value is -1.08. The first-order chi connectivity index (χ1) is 7.88. The van der Waals surface area contributed by atoms with E-state index in [4.69, 9.17) is 4.74 Å². The van der Waals surface area contributed by atoms with Crippen molar-refractivity contribution in [2.24, 2.45) is 5.92 Å². The zero-order valence-corrected chi connectivity index (χ0v) is 9.77. The van der Waals surface area contributed by atoms with Crippen LogP contribution in [0.15, 0.2) is 43.0 Å². The Morgan fingerprint density at radius 2 is 1.81 bits per heavy atom. The van der Waals surface area contributed by atoms with E-state index in [0.29, 0.717) is 6.10 Å². The third kappa shape index (κ3) is 3.21. The Labute approximate surface area is 98.1 Å². The van der Waals surface area contributed by atoms with E-state index in [2.05, 4.69) is 36.9 Å². The van der Waals surface area contributed by atoms with Gasteiger partial charge >= 0.3 is 0 Å². The summed E-state index contributed by atoms with van der Waals surface area (Å²) >= 11 is 0. The molecule has 1 saturated carbocycles. The molecule has 16 heavy (non-hydrogen) atoms. The van der Waals surface area contributed by atoms with Crippen molar-refractivity contribution in [3.8, 4) is 0 Å². The number of rotatable bonds is 4. The van der Waals surface area contributed by atoms with Crippen molar-refractivity contribution in [2.75, 3.05) is 0 Å². The monoisotopic (exact) mass is 216 g/mol. The quantitative estimate of drug-likeness (QED) is 0.692. The lowest BCUT2D eigenvalue weighted by atomic mass is 9.87. The third-order valence-electron chi connectivity index (χ3n) is 3.38. The molecular formula is C15H20O. The van der Waals surface area contributed by atoms with Crippen LogP contribution in [-0.4, -0.2) is 6.10 Å². The van der Waals surface area contributed by atoms with Gasteiger partial charge in [0.05, 0.1) is 12.7 Å². The number of ether oxygens (including phenoxy) is 1. The van der Waals surface area contributed by atoms with Gasteiger partial charge in [0.25, 0.3) is 0 Å². The highest BCUT2D eigenvalue weighted by Gasteiger charge is 2.19. The minimum Gasteiger partial charge on any atom is -0.374 e. The van der Waals surface area contributed by atoms with Crippen LogP contribution >= 0.6 is 0 Å². The van der Waals surface area contributed by atoms with Crippen LogP contribution in [0, 0.1) is 5.92 Å². The maximum absolute atomic E-state index is 5.93. The van der Waals surface area contributed by atoms with Gasteiger partial charge in [0.1, 0.15) is 0 Å². The SMILES string of the molecule is C=CC1CCC(OCc2ccccc2)CC1. The summed E-state index contributed by atoms with van der Waals surface area (Å²) in [5.41, 5.74) is 1.27. The van der Waals surface area contributed by atoms with Crippen LogP contribution in [0.5, 0.6) is 0 Å². The normalized spacial score (nSPS) is 25.2. The van der Waals surface area contributed by atoms with Crippen molar-refractivity contribution in [3.63, 3.8) is 0 Å². The second-order valence-electron chi connectivity index (χ2n) is 4.57. The maximum atomic E-state index is 5.93. The molecular weight excluding hydrogens is 196 g/mol. The highest BCUT2D eigenvalue weighted by atomic mass is 16.5. The lowest BCUT2D eigenvalue weighted by molar-refractivity contribution is 0.0111. The number of benzene rings is 1. The molecule has 1 heteroatoms. The second kappa shape index (κ2) is 5.86. The molecule has 0 spiro atoms. The summed E-state index contributed by atoms with van der Waals surface area (Å²) in [6.45, 7) is 4.62. The van der Waals surface area contributed by atoms with Gasteiger partial charge in [-0.3, -0.25) is 0 Å². The van der Waals surface area contributed by atoms with Gasteiger partial charge in [-0.25, -0.2) is 0 Å². The topological polar surface area (TPSA) is 9.23 Å². The molecule has 1 aromatic carbocycles. The molecule has 0 radical (unpaired) electrons. The van der Waals surface area contributed by atoms with Gasteiger partial charge in [0.2, 0.25) is 0 Å². The van der Waals surface area contributed by atoms with Crippen molar-refractivity contribution in [3.05, 3.63) is 48.6 Å². The lowest BCUT2D eigenvalue weighted by Crippen LogP contribution is -2.20. The molecule has 0 aromatic heterocycles. The van der Waals surface area contributed by atoms with Gasteiger partial charge in [-0.05, 0) is 37.2 Å². The van der Waals surface area contributed by atoms with Crippen LogP contribution in [0.25, 0.3) is 0 Å². The summed E-state index contributed by atoms with van der Waals surface area (Å²) in [5.74, 6) is 0.719. The first kappa shape index (κ1) is 11.4. The second-order valence-corrected chi connectivity index (χ2v) is 4.57. The van der Waals surface area contributed by atoms with Gasteiger partial charge in [-0.15, -0.1) is 6.58 Å². The van der Waals surface area contributed by atoms with E-state index in [1.165, 1.54) is 31.2 Å². The van der Waals surface area contributed by atoms with Gasteiger partial charge in [-0.1, -0.05) is 36.4 Å².